The zero-order valence-electron chi connectivity index (χ0n) is 9.70. The average molecular weight is 303 g/mol. The molecule has 1 aromatic heterocycles. The number of rotatable bonds is 5. The third-order valence-electron chi connectivity index (χ3n) is 2.06. The van der Waals surface area contributed by atoms with Crippen molar-refractivity contribution in [2.75, 3.05) is 31.4 Å². The molecule has 0 bridgehead atoms. The van der Waals surface area contributed by atoms with Crippen molar-refractivity contribution in [2.45, 2.75) is 6.42 Å². The number of hydrogen-bond donors (Lipinski definition) is 3. The van der Waals surface area contributed by atoms with Crippen LogP contribution in [0.25, 0.3) is 0 Å². The minimum atomic E-state index is 0.0554. The number of hydrazine groups is 1. The molecule has 0 unspecified atom stereocenters. The van der Waals surface area contributed by atoms with Gasteiger partial charge in [0, 0.05) is 27.1 Å². The Morgan fingerprint density at radius 3 is 2.71 bits per heavy atom. The topological polar surface area (TPSA) is 96.2 Å². The van der Waals surface area contributed by atoms with Crippen LogP contribution in [0.2, 0.25) is 0 Å². The summed E-state index contributed by atoms with van der Waals surface area (Å²) in [5, 5.41) is 3.03. The number of carbonyl (C=O) groups excluding carboxylic acids is 1. The van der Waals surface area contributed by atoms with Crippen molar-refractivity contribution < 1.29 is 4.79 Å². The minimum absolute atomic E-state index is 0.0554. The largest absolute Gasteiger partial charge is 0.368 e. The molecule has 1 rings (SSSR count). The number of nitrogens with zero attached hydrogens (tertiary/aromatic N) is 3. The van der Waals surface area contributed by atoms with Crippen LogP contribution in [0, 0.1) is 0 Å². The highest BCUT2D eigenvalue weighted by Crippen LogP contribution is 2.25. The van der Waals surface area contributed by atoms with E-state index >= 15 is 0 Å². The molecule has 0 aliphatic heterocycles. The van der Waals surface area contributed by atoms with Crippen LogP contribution in [0.3, 0.4) is 0 Å². The standard InChI is InChI=1S/C9H15BrN6O/c1-16(2)6(17)3-4-12-8-7(10)9(15-11)14-5-13-8/h5H,3-4,11H2,1-2H3,(H2,12,13,14,15). The van der Waals surface area contributed by atoms with Crippen molar-refractivity contribution >= 4 is 33.5 Å². The predicted octanol–water partition coefficient (Wildman–Crippen LogP) is 0.415. The van der Waals surface area contributed by atoms with Crippen molar-refractivity contribution in [3.8, 4) is 0 Å². The number of nitrogens with two attached hydrogens (primary N) is 1. The lowest BCUT2D eigenvalue weighted by atomic mass is 10.4. The van der Waals surface area contributed by atoms with Gasteiger partial charge >= 0.3 is 0 Å². The van der Waals surface area contributed by atoms with Gasteiger partial charge in [-0.3, -0.25) is 4.79 Å². The molecule has 8 heteroatoms. The van der Waals surface area contributed by atoms with Gasteiger partial charge in [-0.2, -0.15) is 0 Å². The van der Waals surface area contributed by atoms with Gasteiger partial charge in [0.2, 0.25) is 5.91 Å². The monoisotopic (exact) mass is 302 g/mol. The maximum absolute atomic E-state index is 11.4. The molecule has 0 aliphatic carbocycles. The summed E-state index contributed by atoms with van der Waals surface area (Å²) in [6, 6.07) is 0. The number of amides is 1. The Morgan fingerprint density at radius 2 is 2.12 bits per heavy atom. The second-order valence-corrected chi connectivity index (χ2v) is 4.29. The van der Waals surface area contributed by atoms with E-state index in [2.05, 4.69) is 36.6 Å². The van der Waals surface area contributed by atoms with E-state index in [1.165, 1.54) is 6.33 Å². The van der Waals surface area contributed by atoms with Gasteiger partial charge in [0.15, 0.2) is 5.82 Å². The summed E-state index contributed by atoms with van der Waals surface area (Å²) in [6.07, 6.45) is 1.78. The molecule has 0 saturated carbocycles. The first kappa shape index (κ1) is 13.7. The summed E-state index contributed by atoms with van der Waals surface area (Å²) in [5.41, 5.74) is 2.44. The molecule has 1 aromatic rings. The van der Waals surface area contributed by atoms with Gasteiger partial charge in [-0.15, -0.1) is 0 Å². The van der Waals surface area contributed by atoms with Crippen LogP contribution in [0.15, 0.2) is 10.8 Å². The smallest absolute Gasteiger partial charge is 0.223 e. The molecule has 1 heterocycles. The highest BCUT2D eigenvalue weighted by Gasteiger charge is 2.08. The van der Waals surface area contributed by atoms with Crippen LogP contribution < -0.4 is 16.6 Å². The Hall–Kier alpha value is -1.41. The molecule has 0 radical (unpaired) electrons. The maximum atomic E-state index is 11.4. The molecule has 17 heavy (non-hydrogen) atoms. The van der Waals surface area contributed by atoms with Crippen LogP contribution in [-0.4, -0.2) is 41.4 Å². The van der Waals surface area contributed by atoms with Gasteiger partial charge in [0.1, 0.15) is 16.6 Å². The molecule has 0 aliphatic rings. The lowest BCUT2D eigenvalue weighted by Gasteiger charge is -2.12. The predicted molar refractivity (Wildman–Crippen MR) is 69.3 cm³/mol. The Balaban J connectivity index is 2.55. The second kappa shape index (κ2) is 6.36. The number of nitrogens with one attached hydrogen (secondary N) is 2. The third kappa shape index (κ3) is 3.82. The Morgan fingerprint density at radius 1 is 1.47 bits per heavy atom. The molecule has 7 nitrogen and oxygen atoms in total. The first-order chi connectivity index (χ1) is 8.06. The highest BCUT2D eigenvalue weighted by atomic mass is 79.9. The second-order valence-electron chi connectivity index (χ2n) is 3.49. The van der Waals surface area contributed by atoms with Crippen molar-refractivity contribution in [3.05, 3.63) is 10.8 Å². The van der Waals surface area contributed by atoms with Crippen molar-refractivity contribution in [2.24, 2.45) is 5.84 Å². The number of halogens is 1. The third-order valence-corrected chi connectivity index (χ3v) is 2.81. The number of nitrogen functional groups attached to an aromatic ring is 1. The van der Waals surface area contributed by atoms with E-state index in [0.29, 0.717) is 29.1 Å². The van der Waals surface area contributed by atoms with Gasteiger partial charge in [0.05, 0.1) is 0 Å². The zero-order valence-corrected chi connectivity index (χ0v) is 11.3. The molecule has 0 atom stereocenters. The molecule has 0 aromatic carbocycles. The van der Waals surface area contributed by atoms with Crippen LogP contribution >= 0.6 is 15.9 Å². The van der Waals surface area contributed by atoms with Gasteiger partial charge < -0.3 is 15.6 Å². The van der Waals surface area contributed by atoms with E-state index in [-0.39, 0.29) is 5.91 Å². The Bertz CT molecular complexity index is 397. The number of carbonyl (C=O) groups is 1. The van der Waals surface area contributed by atoms with E-state index in [9.17, 15) is 4.79 Å². The van der Waals surface area contributed by atoms with Crippen LogP contribution in [0.5, 0.6) is 0 Å². The summed E-state index contributed by atoms with van der Waals surface area (Å²) in [7, 11) is 3.44. The van der Waals surface area contributed by atoms with Crippen molar-refractivity contribution in [1.82, 2.24) is 14.9 Å². The normalized spacial score (nSPS) is 9.88. The zero-order chi connectivity index (χ0) is 12.8. The van der Waals surface area contributed by atoms with Crippen molar-refractivity contribution in [3.63, 3.8) is 0 Å². The average Bonchev–Trinajstić information content (AvgIpc) is 2.31. The lowest BCUT2D eigenvalue weighted by Crippen LogP contribution is -2.24. The highest BCUT2D eigenvalue weighted by molar-refractivity contribution is 9.10. The van der Waals surface area contributed by atoms with E-state index in [1.807, 2.05) is 0 Å². The van der Waals surface area contributed by atoms with Crippen molar-refractivity contribution in [1.29, 1.82) is 0 Å². The van der Waals surface area contributed by atoms with E-state index in [0.717, 1.165) is 0 Å². The SMILES string of the molecule is CN(C)C(=O)CCNc1ncnc(NN)c1Br. The van der Waals surface area contributed by atoms with Gasteiger partial charge in [-0.1, -0.05) is 0 Å². The molecular weight excluding hydrogens is 288 g/mol. The fourth-order valence-corrected chi connectivity index (χ4v) is 1.56. The molecule has 0 spiro atoms. The summed E-state index contributed by atoms with van der Waals surface area (Å²) in [6.45, 7) is 0.497. The molecule has 0 fully saturated rings. The van der Waals surface area contributed by atoms with E-state index < -0.39 is 0 Å². The fraction of sp³-hybridized carbons (Fsp3) is 0.444. The van der Waals surface area contributed by atoms with Gasteiger partial charge in [0.25, 0.3) is 0 Å². The molecule has 1 amide bonds. The quantitative estimate of drug-likeness (QED) is 0.539. The fourth-order valence-electron chi connectivity index (χ4n) is 1.11. The summed E-state index contributed by atoms with van der Waals surface area (Å²) in [4.78, 5) is 20.9. The molecule has 0 saturated heterocycles. The molecular formula is C9H15BrN6O. The summed E-state index contributed by atoms with van der Waals surface area (Å²) >= 11 is 3.31. The first-order valence-electron chi connectivity index (χ1n) is 4.97. The Labute approximate surface area is 108 Å². The summed E-state index contributed by atoms with van der Waals surface area (Å²) < 4.78 is 0.639. The maximum Gasteiger partial charge on any atom is 0.223 e. The number of anilines is 2. The molecule has 94 valence electrons. The Kier molecular flexibility index (Phi) is 5.11. The van der Waals surface area contributed by atoms with Gasteiger partial charge in [-0.05, 0) is 15.9 Å². The minimum Gasteiger partial charge on any atom is -0.368 e. The van der Waals surface area contributed by atoms with Crippen LogP contribution in [0.1, 0.15) is 6.42 Å². The van der Waals surface area contributed by atoms with Crippen LogP contribution in [0.4, 0.5) is 11.6 Å². The van der Waals surface area contributed by atoms with Gasteiger partial charge in [-0.25, -0.2) is 15.8 Å². The van der Waals surface area contributed by atoms with Crippen LogP contribution in [-0.2, 0) is 4.79 Å². The van der Waals surface area contributed by atoms with E-state index in [1.54, 1.807) is 19.0 Å². The first-order valence-corrected chi connectivity index (χ1v) is 5.76. The molecule has 4 N–H and O–H groups in total. The van der Waals surface area contributed by atoms with E-state index in [4.69, 9.17) is 5.84 Å². The lowest BCUT2D eigenvalue weighted by molar-refractivity contribution is -0.128. The number of aromatic nitrogens is 2. The summed E-state index contributed by atoms with van der Waals surface area (Å²) in [5.74, 6) is 6.42. The number of hydrogen-bond acceptors (Lipinski definition) is 6.